The van der Waals surface area contributed by atoms with E-state index in [-0.39, 0.29) is 5.56 Å². The van der Waals surface area contributed by atoms with E-state index in [0.717, 1.165) is 29.4 Å². The molecule has 1 N–H and O–H groups in total. The number of nitrogens with one attached hydrogen (secondary N) is 1. The highest BCUT2D eigenvalue weighted by Crippen LogP contribution is 2.26. The van der Waals surface area contributed by atoms with E-state index < -0.39 is 0 Å². The number of hydrogen-bond acceptors (Lipinski definition) is 5. The number of rotatable bonds is 5. The molecular weight excluding hydrogens is 272 g/mol. The van der Waals surface area contributed by atoms with Gasteiger partial charge in [0.05, 0.1) is 5.56 Å². The van der Waals surface area contributed by atoms with Crippen molar-refractivity contribution < 1.29 is 0 Å². The first-order chi connectivity index (χ1) is 9.58. The molecule has 0 aliphatic heterocycles. The molecule has 0 unspecified atom stereocenters. The van der Waals surface area contributed by atoms with E-state index in [9.17, 15) is 4.79 Å². The number of nitrogens with zero attached hydrogens (tertiary/aromatic N) is 3. The van der Waals surface area contributed by atoms with Gasteiger partial charge in [0, 0.05) is 18.8 Å². The Bertz CT molecular complexity index is 660. The van der Waals surface area contributed by atoms with Crippen LogP contribution in [0.3, 0.4) is 0 Å². The van der Waals surface area contributed by atoms with Crippen LogP contribution in [-0.4, -0.2) is 21.3 Å². The third-order valence-electron chi connectivity index (χ3n) is 3.19. The Morgan fingerprint density at radius 2 is 2.05 bits per heavy atom. The van der Waals surface area contributed by atoms with Gasteiger partial charge in [-0.3, -0.25) is 4.79 Å². The van der Waals surface area contributed by atoms with Crippen molar-refractivity contribution in [2.75, 3.05) is 11.9 Å². The lowest BCUT2D eigenvalue weighted by molar-refractivity contribution is 0.700. The lowest BCUT2D eigenvalue weighted by Crippen LogP contribution is -2.24. The Morgan fingerprint density at radius 3 is 2.70 bits per heavy atom. The van der Waals surface area contributed by atoms with Crippen LogP contribution in [0.5, 0.6) is 0 Å². The molecule has 0 spiro atoms. The van der Waals surface area contributed by atoms with Gasteiger partial charge in [0.1, 0.15) is 0 Å². The van der Waals surface area contributed by atoms with E-state index in [0.29, 0.717) is 17.1 Å². The maximum Gasteiger partial charge on any atom is 0.261 e. The first-order valence-electron chi connectivity index (χ1n) is 6.87. The average Bonchev–Trinajstić information content (AvgIpc) is 2.85. The second kappa shape index (κ2) is 6.17. The van der Waals surface area contributed by atoms with Crippen molar-refractivity contribution in [1.29, 1.82) is 0 Å². The van der Waals surface area contributed by atoms with Crippen LogP contribution in [-0.2, 0) is 6.54 Å². The van der Waals surface area contributed by atoms with Gasteiger partial charge in [0.25, 0.3) is 5.56 Å². The zero-order valence-corrected chi connectivity index (χ0v) is 13.2. The Hall–Kier alpha value is -1.69. The number of aromatic nitrogens is 3. The van der Waals surface area contributed by atoms with E-state index in [2.05, 4.69) is 22.4 Å². The van der Waals surface area contributed by atoms with Crippen LogP contribution in [0.1, 0.15) is 31.5 Å². The molecule has 20 heavy (non-hydrogen) atoms. The maximum absolute atomic E-state index is 12.5. The van der Waals surface area contributed by atoms with Crippen LogP contribution < -0.4 is 10.9 Å². The smallest absolute Gasteiger partial charge is 0.261 e. The van der Waals surface area contributed by atoms with Crippen molar-refractivity contribution in [2.24, 2.45) is 0 Å². The summed E-state index contributed by atoms with van der Waals surface area (Å²) in [4.78, 5) is 12.5. The molecule has 2 aromatic heterocycles. The summed E-state index contributed by atoms with van der Waals surface area (Å²) in [6, 6.07) is 2.03. The number of pyridine rings is 1. The normalized spacial score (nSPS) is 10.8. The number of anilines is 1. The molecule has 6 heteroatoms. The van der Waals surface area contributed by atoms with E-state index in [1.165, 1.54) is 11.3 Å². The van der Waals surface area contributed by atoms with E-state index in [4.69, 9.17) is 0 Å². The second-order valence-corrected chi connectivity index (χ2v) is 5.71. The van der Waals surface area contributed by atoms with Crippen LogP contribution >= 0.6 is 11.3 Å². The van der Waals surface area contributed by atoms with E-state index in [1.807, 2.05) is 26.8 Å². The van der Waals surface area contributed by atoms with Gasteiger partial charge in [-0.25, -0.2) is 0 Å². The third-order valence-corrected chi connectivity index (χ3v) is 4.08. The van der Waals surface area contributed by atoms with Gasteiger partial charge in [-0.15, -0.1) is 10.2 Å². The summed E-state index contributed by atoms with van der Waals surface area (Å²) in [7, 11) is 0. The molecule has 0 fully saturated rings. The van der Waals surface area contributed by atoms with Crippen LogP contribution in [0.15, 0.2) is 10.9 Å². The van der Waals surface area contributed by atoms with Gasteiger partial charge in [-0.1, -0.05) is 18.3 Å². The molecule has 5 nitrogen and oxygen atoms in total. The number of aryl methyl sites for hydroxylation is 2. The molecule has 0 bridgehead atoms. The quantitative estimate of drug-likeness (QED) is 0.920. The molecule has 0 aliphatic rings. The predicted octanol–water partition coefficient (Wildman–Crippen LogP) is 2.83. The molecule has 2 rings (SSSR count). The molecule has 0 saturated carbocycles. The summed E-state index contributed by atoms with van der Waals surface area (Å²) in [5, 5.41) is 12.9. The van der Waals surface area contributed by atoms with Crippen molar-refractivity contribution in [1.82, 2.24) is 14.8 Å². The highest BCUT2D eigenvalue weighted by atomic mass is 32.1. The Kier molecular flexibility index (Phi) is 4.54. The minimum atomic E-state index is 0.0168. The molecule has 0 aliphatic carbocycles. The summed E-state index contributed by atoms with van der Waals surface area (Å²) in [5.41, 5.74) is 2.62. The first kappa shape index (κ1) is 14.7. The Morgan fingerprint density at radius 1 is 1.30 bits per heavy atom. The van der Waals surface area contributed by atoms with Gasteiger partial charge in [0.2, 0.25) is 5.13 Å². The second-order valence-electron chi connectivity index (χ2n) is 4.73. The highest BCUT2D eigenvalue weighted by molar-refractivity contribution is 7.18. The molecule has 2 aromatic rings. The summed E-state index contributed by atoms with van der Waals surface area (Å²) in [5.74, 6) is 0. The summed E-state index contributed by atoms with van der Waals surface area (Å²) >= 11 is 1.43. The Balaban J connectivity index is 2.47. The third kappa shape index (κ3) is 2.75. The lowest BCUT2D eigenvalue weighted by atomic mass is 10.1. The summed E-state index contributed by atoms with van der Waals surface area (Å²) in [6.45, 7) is 9.50. The van der Waals surface area contributed by atoms with E-state index >= 15 is 0 Å². The standard InChI is InChI=1S/C14H20N4OS/c1-5-7-15-14-17-16-12(20-14)11-9(3)8-10(4)18(6-2)13(11)19/h8H,5-7H2,1-4H3,(H,15,17). The SMILES string of the molecule is CCCNc1nnc(-c2c(C)cc(C)n(CC)c2=O)s1. The molecular formula is C14H20N4OS. The van der Waals surface area contributed by atoms with Crippen molar-refractivity contribution in [2.45, 2.75) is 40.7 Å². The highest BCUT2D eigenvalue weighted by Gasteiger charge is 2.15. The largest absolute Gasteiger partial charge is 0.360 e. The lowest BCUT2D eigenvalue weighted by Gasteiger charge is -2.10. The Labute approximate surface area is 122 Å². The van der Waals surface area contributed by atoms with Crippen molar-refractivity contribution in [3.63, 3.8) is 0 Å². The zero-order valence-electron chi connectivity index (χ0n) is 12.4. The fourth-order valence-corrected chi connectivity index (χ4v) is 3.08. The van der Waals surface area contributed by atoms with Crippen LogP contribution in [0, 0.1) is 13.8 Å². The number of hydrogen-bond donors (Lipinski definition) is 1. The van der Waals surface area contributed by atoms with Crippen molar-refractivity contribution in [3.05, 3.63) is 27.7 Å². The van der Waals surface area contributed by atoms with Crippen molar-refractivity contribution in [3.8, 4) is 10.6 Å². The van der Waals surface area contributed by atoms with Gasteiger partial charge >= 0.3 is 0 Å². The van der Waals surface area contributed by atoms with Gasteiger partial charge < -0.3 is 9.88 Å². The molecule has 0 aromatic carbocycles. The van der Waals surface area contributed by atoms with Crippen molar-refractivity contribution >= 4 is 16.5 Å². The van der Waals surface area contributed by atoms with Gasteiger partial charge in [-0.05, 0) is 38.8 Å². The summed E-state index contributed by atoms with van der Waals surface area (Å²) < 4.78 is 1.77. The molecule has 0 saturated heterocycles. The van der Waals surface area contributed by atoms with Crippen LogP contribution in [0.25, 0.3) is 10.6 Å². The predicted molar refractivity (Wildman–Crippen MR) is 83.5 cm³/mol. The topological polar surface area (TPSA) is 59.8 Å². The van der Waals surface area contributed by atoms with Gasteiger partial charge in [0.15, 0.2) is 5.01 Å². The van der Waals surface area contributed by atoms with Crippen LogP contribution in [0.4, 0.5) is 5.13 Å². The zero-order chi connectivity index (χ0) is 14.7. The van der Waals surface area contributed by atoms with Gasteiger partial charge in [-0.2, -0.15) is 0 Å². The average molecular weight is 292 g/mol. The maximum atomic E-state index is 12.5. The monoisotopic (exact) mass is 292 g/mol. The molecule has 0 radical (unpaired) electrons. The fourth-order valence-electron chi connectivity index (χ4n) is 2.21. The molecule has 2 heterocycles. The minimum absolute atomic E-state index is 0.0168. The first-order valence-corrected chi connectivity index (χ1v) is 7.68. The summed E-state index contributed by atoms with van der Waals surface area (Å²) in [6.07, 6.45) is 1.03. The van der Waals surface area contributed by atoms with Crippen LogP contribution in [0.2, 0.25) is 0 Å². The minimum Gasteiger partial charge on any atom is -0.360 e. The molecule has 0 amide bonds. The molecule has 0 atom stereocenters. The fraction of sp³-hybridized carbons (Fsp3) is 0.500. The molecule has 108 valence electrons. The van der Waals surface area contributed by atoms with E-state index in [1.54, 1.807) is 4.57 Å².